The van der Waals surface area contributed by atoms with Gasteiger partial charge in [-0.3, -0.25) is 9.59 Å². The zero-order chi connectivity index (χ0) is 18.6. The summed E-state index contributed by atoms with van der Waals surface area (Å²) in [7, 11) is 0. The predicted octanol–water partition coefficient (Wildman–Crippen LogP) is 4.37. The molecule has 4 saturated carbocycles. The zero-order valence-electron chi connectivity index (χ0n) is 15.1. The summed E-state index contributed by atoms with van der Waals surface area (Å²) in [6.07, 6.45) is 7.37. The molecule has 2 amide bonds. The van der Waals surface area contributed by atoms with Gasteiger partial charge in [0.15, 0.2) is 0 Å². The molecule has 0 saturated heterocycles. The van der Waals surface area contributed by atoms with E-state index in [0.29, 0.717) is 9.90 Å². The van der Waals surface area contributed by atoms with Crippen LogP contribution in [-0.2, 0) is 4.79 Å². The van der Waals surface area contributed by atoms with Crippen molar-refractivity contribution in [3.05, 3.63) is 34.2 Å². The molecule has 0 radical (unpaired) electrons. The summed E-state index contributed by atoms with van der Waals surface area (Å²) in [5.74, 6) is 1.99. The monoisotopic (exact) mass is 402 g/mol. The first-order valence-corrected chi connectivity index (χ1v) is 11.0. The van der Waals surface area contributed by atoms with Gasteiger partial charge in [-0.15, -0.1) is 11.3 Å². The van der Waals surface area contributed by atoms with Crippen LogP contribution in [0.15, 0.2) is 24.3 Å². The fraction of sp³-hybridized carbons (Fsp3) is 0.524. The second-order valence-corrected chi connectivity index (χ2v) is 10.1. The third-order valence-corrected chi connectivity index (χ3v) is 8.27. The highest BCUT2D eigenvalue weighted by Crippen LogP contribution is 2.55. The Labute approximate surface area is 167 Å². The van der Waals surface area contributed by atoms with E-state index in [1.165, 1.54) is 30.6 Å². The minimum Gasteiger partial charge on any atom is -0.349 e. The van der Waals surface area contributed by atoms with Gasteiger partial charge in [-0.2, -0.15) is 0 Å². The Morgan fingerprint density at radius 3 is 2.33 bits per heavy atom. The van der Waals surface area contributed by atoms with Crippen LogP contribution in [0.5, 0.6) is 0 Å². The van der Waals surface area contributed by atoms with Crippen LogP contribution in [0.1, 0.15) is 48.2 Å². The molecule has 6 rings (SSSR count). The summed E-state index contributed by atoms with van der Waals surface area (Å²) in [4.78, 5) is 25.6. The molecule has 0 aliphatic heterocycles. The molecule has 4 fully saturated rings. The van der Waals surface area contributed by atoms with Crippen LogP contribution >= 0.6 is 22.9 Å². The SMILES string of the molecule is O=C(CNC(=O)c1sc2ccccc2c1Cl)NC12CC3CC(CC(C3)C1)C2. The molecule has 4 aliphatic carbocycles. The molecular formula is C21H23ClN2O2S. The normalized spacial score (nSPS) is 31.2. The Morgan fingerprint density at radius 1 is 1.07 bits per heavy atom. The lowest BCUT2D eigenvalue weighted by Gasteiger charge is -2.56. The lowest BCUT2D eigenvalue weighted by atomic mass is 9.53. The average molecular weight is 403 g/mol. The molecule has 1 heterocycles. The first-order valence-electron chi connectivity index (χ1n) is 9.77. The number of rotatable bonds is 4. The van der Waals surface area contributed by atoms with Gasteiger partial charge in [0, 0.05) is 15.6 Å². The molecular weight excluding hydrogens is 380 g/mol. The molecule has 142 valence electrons. The predicted molar refractivity (Wildman–Crippen MR) is 108 cm³/mol. The van der Waals surface area contributed by atoms with Crippen LogP contribution in [-0.4, -0.2) is 23.9 Å². The summed E-state index contributed by atoms with van der Waals surface area (Å²) in [6.45, 7) is 0.00512. The maximum absolute atomic E-state index is 12.6. The van der Waals surface area contributed by atoms with E-state index >= 15 is 0 Å². The second-order valence-electron chi connectivity index (χ2n) is 8.67. The van der Waals surface area contributed by atoms with Crippen molar-refractivity contribution in [3.63, 3.8) is 0 Å². The Bertz CT molecular complexity index is 887. The van der Waals surface area contributed by atoms with Crippen LogP contribution < -0.4 is 10.6 Å². The highest BCUT2D eigenvalue weighted by Gasteiger charge is 2.51. The smallest absolute Gasteiger partial charge is 0.263 e. The van der Waals surface area contributed by atoms with E-state index in [0.717, 1.165) is 47.1 Å². The van der Waals surface area contributed by atoms with Crippen molar-refractivity contribution in [1.29, 1.82) is 0 Å². The summed E-state index contributed by atoms with van der Waals surface area (Å²) < 4.78 is 0.977. The number of nitrogens with one attached hydrogen (secondary N) is 2. The maximum atomic E-state index is 12.6. The number of carbonyl (C=O) groups is 2. The van der Waals surface area contributed by atoms with E-state index in [2.05, 4.69) is 10.6 Å². The Morgan fingerprint density at radius 2 is 1.70 bits per heavy atom. The van der Waals surface area contributed by atoms with Crippen molar-refractivity contribution in [3.8, 4) is 0 Å². The molecule has 1 aromatic carbocycles. The lowest BCUT2D eigenvalue weighted by Crippen LogP contribution is -2.61. The summed E-state index contributed by atoms with van der Waals surface area (Å²) >= 11 is 7.72. The van der Waals surface area contributed by atoms with Gasteiger partial charge in [0.1, 0.15) is 4.88 Å². The zero-order valence-corrected chi connectivity index (χ0v) is 16.7. The van der Waals surface area contributed by atoms with Gasteiger partial charge in [-0.1, -0.05) is 29.8 Å². The Kier molecular flexibility index (Phi) is 4.21. The molecule has 1 aromatic heterocycles. The molecule has 27 heavy (non-hydrogen) atoms. The molecule has 0 spiro atoms. The third kappa shape index (κ3) is 3.15. The molecule has 2 aromatic rings. The van der Waals surface area contributed by atoms with Crippen molar-refractivity contribution >= 4 is 44.8 Å². The van der Waals surface area contributed by atoms with Crippen LogP contribution in [0.4, 0.5) is 0 Å². The van der Waals surface area contributed by atoms with Gasteiger partial charge in [0.05, 0.1) is 11.6 Å². The van der Waals surface area contributed by atoms with E-state index in [-0.39, 0.29) is 23.9 Å². The van der Waals surface area contributed by atoms with Gasteiger partial charge in [0.2, 0.25) is 5.91 Å². The average Bonchev–Trinajstić information content (AvgIpc) is 2.95. The highest BCUT2D eigenvalue weighted by molar-refractivity contribution is 7.21. The Hall–Kier alpha value is -1.59. The second kappa shape index (κ2) is 6.49. The first kappa shape index (κ1) is 17.5. The van der Waals surface area contributed by atoms with E-state index in [1.807, 2.05) is 24.3 Å². The van der Waals surface area contributed by atoms with Crippen LogP contribution in [0, 0.1) is 17.8 Å². The standard InChI is InChI=1S/C21H23ClN2O2S/c22-18-15-3-1-2-4-16(15)27-19(18)20(26)23-11-17(25)24-21-8-12-5-13(9-21)7-14(6-12)10-21/h1-4,12-14H,5-11H2,(H,23,26)(H,24,25). The highest BCUT2D eigenvalue weighted by atomic mass is 35.5. The molecule has 0 atom stereocenters. The van der Waals surface area contributed by atoms with Gasteiger partial charge in [0.25, 0.3) is 5.91 Å². The topological polar surface area (TPSA) is 58.2 Å². The van der Waals surface area contributed by atoms with Crippen LogP contribution in [0.3, 0.4) is 0 Å². The third-order valence-electron chi connectivity index (χ3n) is 6.59. The molecule has 4 aliphatic rings. The van der Waals surface area contributed by atoms with Gasteiger partial charge in [-0.05, 0) is 62.3 Å². The van der Waals surface area contributed by atoms with Gasteiger partial charge >= 0.3 is 0 Å². The summed E-state index contributed by atoms with van der Waals surface area (Å²) in [5.41, 5.74) is -0.0220. The number of amides is 2. The number of hydrogen-bond acceptors (Lipinski definition) is 3. The largest absolute Gasteiger partial charge is 0.349 e. The van der Waals surface area contributed by atoms with Crippen molar-refractivity contribution in [2.24, 2.45) is 17.8 Å². The summed E-state index contributed by atoms with van der Waals surface area (Å²) in [5, 5.41) is 7.40. The number of carbonyl (C=O) groups excluding carboxylic acids is 2. The molecule has 6 heteroatoms. The molecule has 2 N–H and O–H groups in total. The van der Waals surface area contributed by atoms with Crippen molar-refractivity contribution in [2.75, 3.05) is 6.54 Å². The minimum atomic E-state index is -0.276. The number of thiophene rings is 1. The van der Waals surface area contributed by atoms with Crippen molar-refractivity contribution < 1.29 is 9.59 Å². The number of fused-ring (bicyclic) bond motifs is 1. The quantitative estimate of drug-likeness (QED) is 0.797. The number of halogens is 1. The fourth-order valence-corrected chi connectivity index (χ4v) is 7.44. The molecule has 4 bridgehead atoms. The minimum absolute atomic E-state index is 0.00512. The van der Waals surface area contributed by atoms with E-state index in [1.54, 1.807) is 0 Å². The van der Waals surface area contributed by atoms with E-state index < -0.39 is 0 Å². The first-order chi connectivity index (χ1) is 13.0. The van der Waals surface area contributed by atoms with Crippen molar-refractivity contribution in [2.45, 2.75) is 44.1 Å². The summed E-state index contributed by atoms with van der Waals surface area (Å²) in [6, 6.07) is 7.68. The number of hydrogen-bond donors (Lipinski definition) is 2. The van der Waals surface area contributed by atoms with Gasteiger partial charge < -0.3 is 10.6 Å². The Balaban J connectivity index is 1.23. The van der Waals surface area contributed by atoms with Crippen LogP contribution in [0.2, 0.25) is 5.02 Å². The van der Waals surface area contributed by atoms with Crippen LogP contribution in [0.25, 0.3) is 10.1 Å². The van der Waals surface area contributed by atoms with Crippen molar-refractivity contribution in [1.82, 2.24) is 10.6 Å². The van der Waals surface area contributed by atoms with E-state index in [4.69, 9.17) is 11.6 Å². The van der Waals surface area contributed by atoms with E-state index in [9.17, 15) is 9.59 Å². The molecule has 4 nitrogen and oxygen atoms in total. The maximum Gasteiger partial charge on any atom is 0.263 e. The van der Waals surface area contributed by atoms with Gasteiger partial charge in [-0.25, -0.2) is 0 Å². The molecule has 0 unspecified atom stereocenters. The lowest BCUT2D eigenvalue weighted by molar-refractivity contribution is -0.125. The number of benzene rings is 1. The fourth-order valence-electron chi connectivity index (χ4n) is 6.00.